The highest BCUT2D eigenvalue weighted by Gasteiger charge is 2.17. The SMILES string of the molecule is c1ccc(-c2nc(-c3ccccc3)nc(-c3ccc4sc5cc(-c6ccc7c(c6)oc6cc(-n8c9ccccc9c9ccccc98)ccc67)ccc5c4c3)n2)cc1. The molecule has 266 valence electrons. The average molecular weight is 747 g/mol. The van der Waals surface area contributed by atoms with Crippen molar-refractivity contribution in [2.24, 2.45) is 0 Å². The van der Waals surface area contributed by atoms with E-state index < -0.39 is 0 Å². The van der Waals surface area contributed by atoms with E-state index in [1.165, 1.54) is 42.0 Å². The first-order chi connectivity index (χ1) is 28.2. The second-order valence-electron chi connectivity index (χ2n) is 14.4. The molecule has 0 fully saturated rings. The largest absolute Gasteiger partial charge is 0.456 e. The second kappa shape index (κ2) is 12.6. The van der Waals surface area contributed by atoms with Gasteiger partial charge >= 0.3 is 0 Å². The maximum Gasteiger partial charge on any atom is 0.164 e. The summed E-state index contributed by atoms with van der Waals surface area (Å²) >= 11 is 1.80. The number of furan rings is 1. The molecule has 0 spiro atoms. The van der Waals surface area contributed by atoms with Gasteiger partial charge < -0.3 is 8.98 Å². The highest BCUT2D eigenvalue weighted by molar-refractivity contribution is 7.25. The Balaban J connectivity index is 0.920. The van der Waals surface area contributed by atoms with Crippen LogP contribution in [0.15, 0.2) is 186 Å². The van der Waals surface area contributed by atoms with Gasteiger partial charge in [0.1, 0.15) is 11.2 Å². The zero-order chi connectivity index (χ0) is 37.5. The van der Waals surface area contributed by atoms with Gasteiger partial charge in [-0.1, -0.05) is 115 Å². The predicted molar refractivity (Wildman–Crippen MR) is 236 cm³/mol. The lowest BCUT2D eigenvalue weighted by atomic mass is 10.0. The number of rotatable bonds is 5. The molecule has 57 heavy (non-hydrogen) atoms. The fourth-order valence-corrected chi connectivity index (χ4v) is 9.44. The van der Waals surface area contributed by atoms with Gasteiger partial charge in [-0.3, -0.25) is 0 Å². The van der Waals surface area contributed by atoms with Crippen LogP contribution in [-0.4, -0.2) is 19.5 Å². The van der Waals surface area contributed by atoms with Crippen molar-refractivity contribution in [3.8, 4) is 51.0 Å². The molecule has 0 radical (unpaired) electrons. The number of thiophene rings is 1. The molecule has 0 saturated heterocycles. The Labute approximate surface area is 330 Å². The average Bonchev–Trinajstić information content (AvgIpc) is 3.95. The molecule has 4 heterocycles. The summed E-state index contributed by atoms with van der Waals surface area (Å²) in [6.07, 6.45) is 0. The molecular weight excluding hydrogens is 717 g/mol. The van der Waals surface area contributed by atoms with Crippen molar-refractivity contribution in [1.82, 2.24) is 19.5 Å². The summed E-state index contributed by atoms with van der Waals surface area (Å²) in [4.78, 5) is 14.8. The van der Waals surface area contributed by atoms with E-state index in [9.17, 15) is 0 Å². The molecule has 0 unspecified atom stereocenters. The lowest BCUT2D eigenvalue weighted by molar-refractivity contribution is 0.669. The van der Waals surface area contributed by atoms with Crippen molar-refractivity contribution in [1.29, 1.82) is 0 Å². The molecule has 0 N–H and O–H groups in total. The predicted octanol–water partition coefficient (Wildman–Crippen LogP) is 13.9. The Morgan fingerprint density at radius 2 is 0.877 bits per heavy atom. The maximum absolute atomic E-state index is 6.61. The maximum atomic E-state index is 6.61. The molecule has 8 aromatic carbocycles. The highest BCUT2D eigenvalue weighted by atomic mass is 32.1. The quantitative estimate of drug-likeness (QED) is 0.176. The van der Waals surface area contributed by atoms with E-state index >= 15 is 0 Å². The van der Waals surface area contributed by atoms with Crippen LogP contribution in [-0.2, 0) is 0 Å². The summed E-state index contributed by atoms with van der Waals surface area (Å²) in [5.41, 5.74) is 10.4. The molecule has 0 bridgehead atoms. The fraction of sp³-hybridized carbons (Fsp3) is 0. The van der Waals surface area contributed by atoms with Crippen LogP contribution in [0, 0.1) is 0 Å². The Bertz CT molecular complexity index is 3420. The number of hydrogen-bond donors (Lipinski definition) is 0. The molecular formula is C51H30N4OS. The van der Waals surface area contributed by atoms with Gasteiger partial charge in [0, 0.05) is 70.2 Å². The molecule has 0 aliphatic heterocycles. The Morgan fingerprint density at radius 3 is 1.54 bits per heavy atom. The van der Waals surface area contributed by atoms with Crippen molar-refractivity contribution in [3.63, 3.8) is 0 Å². The minimum absolute atomic E-state index is 0.655. The van der Waals surface area contributed by atoms with Crippen LogP contribution in [0.2, 0.25) is 0 Å². The highest BCUT2D eigenvalue weighted by Crippen LogP contribution is 2.40. The third-order valence-electron chi connectivity index (χ3n) is 11.1. The zero-order valence-electron chi connectivity index (χ0n) is 30.4. The molecule has 0 aliphatic carbocycles. The van der Waals surface area contributed by atoms with Crippen molar-refractivity contribution >= 4 is 75.3 Å². The van der Waals surface area contributed by atoms with Crippen LogP contribution in [0.4, 0.5) is 0 Å². The van der Waals surface area contributed by atoms with Gasteiger partial charge in [-0.15, -0.1) is 11.3 Å². The zero-order valence-corrected chi connectivity index (χ0v) is 31.2. The number of fused-ring (bicyclic) bond motifs is 9. The number of para-hydroxylation sites is 2. The van der Waals surface area contributed by atoms with Gasteiger partial charge in [0.05, 0.1) is 11.0 Å². The van der Waals surface area contributed by atoms with Gasteiger partial charge in [0.15, 0.2) is 17.5 Å². The third-order valence-corrected chi connectivity index (χ3v) is 12.2. The second-order valence-corrected chi connectivity index (χ2v) is 15.5. The Morgan fingerprint density at radius 1 is 0.351 bits per heavy atom. The van der Waals surface area contributed by atoms with E-state index in [-0.39, 0.29) is 0 Å². The first-order valence-electron chi connectivity index (χ1n) is 19.0. The smallest absolute Gasteiger partial charge is 0.164 e. The normalized spacial score (nSPS) is 11.9. The van der Waals surface area contributed by atoms with Gasteiger partial charge in [0.25, 0.3) is 0 Å². The van der Waals surface area contributed by atoms with Crippen LogP contribution in [0.1, 0.15) is 0 Å². The molecule has 0 atom stereocenters. The fourth-order valence-electron chi connectivity index (χ4n) is 8.32. The first kappa shape index (κ1) is 31.9. The monoisotopic (exact) mass is 746 g/mol. The van der Waals surface area contributed by atoms with Crippen molar-refractivity contribution in [2.45, 2.75) is 0 Å². The lowest BCUT2D eigenvalue weighted by Gasteiger charge is -2.08. The van der Waals surface area contributed by atoms with E-state index in [0.717, 1.165) is 55.4 Å². The minimum atomic E-state index is 0.655. The molecule has 12 aromatic rings. The Kier molecular flexibility index (Phi) is 7.03. The van der Waals surface area contributed by atoms with Crippen LogP contribution >= 0.6 is 11.3 Å². The molecule has 0 saturated carbocycles. The van der Waals surface area contributed by atoms with Crippen LogP contribution in [0.3, 0.4) is 0 Å². The van der Waals surface area contributed by atoms with Crippen LogP contribution < -0.4 is 0 Å². The number of nitrogens with zero attached hydrogens (tertiary/aromatic N) is 4. The Hall–Kier alpha value is -7.41. The van der Waals surface area contributed by atoms with Gasteiger partial charge in [-0.05, 0) is 71.8 Å². The van der Waals surface area contributed by atoms with Crippen molar-refractivity contribution < 1.29 is 4.42 Å². The summed E-state index contributed by atoms with van der Waals surface area (Å²) in [5.74, 6) is 1.97. The molecule has 4 aromatic heterocycles. The summed E-state index contributed by atoms with van der Waals surface area (Å²) in [6.45, 7) is 0. The van der Waals surface area contributed by atoms with E-state index in [1.807, 2.05) is 60.7 Å². The van der Waals surface area contributed by atoms with E-state index in [2.05, 4.69) is 126 Å². The van der Waals surface area contributed by atoms with E-state index in [4.69, 9.17) is 19.4 Å². The molecule has 12 rings (SSSR count). The van der Waals surface area contributed by atoms with E-state index in [0.29, 0.717) is 17.5 Å². The summed E-state index contributed by atoms with van der Waals surface area (Å²) in [6, 6.07) is 63.9. The topological polar surface area (TPSA) is 56.7 Å². The van der Waals surface area contributed by atoms with Crippen LogP contribution in [0.5, 0.6) is 0 Å². The van der Waals surface area contributed by atoms with Gasteiger partial charge in [0.2, 0.25) is 0 Å². The number of benzene rings is 8. The van der Waals surface area contributed by atoms with Gasteiger partial charge in [-0.2, -0.15) is 0 Å². The lowest BCUT2D eigenvalue weighted by Crippen LogP contribution is -2.00. The molecule has 0 amide bonds. The summed E-state index contributed by atoms with van der Waals surface area (Å²) in [5, 5.41) is 7.12. The van der Waals surface area contributed by atoms with Crippen molar-refractivity contribution in [3.05, 3.63) is 182 Å². The van der Waals surface area contributed by atoms with Crippen LogP contribution in [0.25, 0.3) is 115 Å². The molecule has 6 heteroatoms. The molecule has 5 nitrogen and oxygen atoms in total. The van der Waals surface area contributed by atoms with Gasteiger partial charge in [-0.25, -0.2) is 15.0 Å². The molecule has 0 aliphatic rings. The van der Waals surface area contributed by atoms with E-state index in [1.54, 1.807) is 11.3 Å². The summed E-state index contributed by atoms with van der Waals surface area (Å²) < 4.78 is 11.4. The number of hydrogen-bond acceptors (Lipinski definition) is 5. The minimum Gasteiger partial charge on any atom is -0.456 e. The third kappa shape index (κ3) is 5.19. The first-order valence-corrected chi connectivity index (χ1v) is 19.8. The number of aromatic nitrogens is 4. The summed E-state index contributed by atoms with van der Waals surface area (Å²) in [7, 11) is 0. The van der Waals surface area contributed by atoms with Crippen molar-refractivity contribution in [2.75, 3.05) is 0 Å². The standard InChI is InChI=1S/C51H30N4OS/c1-3-11-31(12-4-1)49-52-50(32-13-5-2-6-14-32)54-51(53-49)35-21-26-47-42(27-35)41-24-20-34(29-48(41)57-47)33-19-23-39-40-25-22-36(30-46(40)56-45(39)28-33)55-43-17-9-7-15-37(43)38-16-8-10-18-44(38)55/h1-30H.